The van der Waals surface area contributed by atoms with Crippen molar-refractivity contribution in [3.63, 3.8) is 0 Å². The van der Waals surface area contributed by atoms with E-state index in [1.165, 1.54) is 13.3 Å². The van der Waals surface area contributed by atoms with Gasteiger partial charge in [0.2, 0.25) is 5.43 Å². The van der Waals surface area contributed by atoms with Crippen molar-refractivity contribution in [1.29, 1.82) is 0 Å². The normalized spacial score (nSPS) is 10.7. The first-order valence-electron chi connectivity index (χ1n) is 5.48. The lowest BCUT2D eigenvalue weighted by atomic mass is 10.1. The molecule has 6 heteroatoms. The fourth-order valence-electron chi connectivity index (χ4n) is 2.10. The molecule has 0 saturated carbocycles. The average molecular weight is 282 g/mol. The molecule has 0 aliphatic heterocycles. The van der Waals surface area contributed by atoms with E-state index in [-0.39, 0.29) is 10.9 Å². The number of pyridine rings is 1. The van der Waals surface area contributed by atoms with E-state index in [2.05, 4.69) is 0 Å². The number of aromatic carboxylic acids is 1. The molecule has 1 aromatic heterocycles. The van der Waals surface area contributed by atoms with Crippen LogP contribution in [-0.2, 0) is 7.05 Å². The third-order valence-corrected chi connectivity index (χ3v) is 3.45. The largest absolute Gasteiger partial charge is 0.494 e. The number of hydrogen-bond acceptors (Lipinski definition) is 3. The standard InChI is InChI=1S/C13H12ClNO4/c1-6-8(14)4-9(19-3)11-10(6)12(16)7(13(17)18)5-15(11)2/h4-5H,1-3H3,(H,17,18). The summed E-state index contributed by atoms with van der Waals surface area (Å²) in [5.41, 5.74) is 0.224. The Morgan fingerprint density at radius 3 is 2.63 bits per heavy atom. The van der Waals surface area contributed by atoms with Crippen LogP contribution in [0.15, 0.2) is 17.1 Å². The highest BCUT2D eigenvalue weighted by molar-refractivity contribution is 6.32. The number of benzene rings is 1. The molecule has 0 aliphatic rings. The second-order valence-electron chi connectivity index (χ2n) is 4.20. The van der Waals surface area contributed by atoms with Crippen LogP contribution in [0.25, 0.3) is 10.9 Å². The fourth-order valence-corrected chi connectivity index (χ4v) is 2.29. The Morgan fingerprint density at radius 1 is 1.47 bits per heavy atom. The van der Waals surface area contributed by atoms with Gasteiger partial charge in [-0.15, -0.1) is 0 Å². The van der Waals surface area contributed by atoms with Crippen LogP contribution in [-0.4, -0.2) is 22.8 Å². The molecule has 100 valence electrons. The lowest BCUT2D eigenvalue weighted by Crippen LogP contribution is -2.19. The summed E-state index contributed by atoms with van der Waals surface area (Å²) in [4.78, 5) is 23.3. The number of rotatable bonds is 2. The van der Waals surface area contributed by atoms with Crippen LogP contribution >= 0.6 is 11.6 Å². The molecular formula is C13H12ClNO4. The van der Waals surface area contributed by atoms with Gasteiger partial charge in [-0.3, -0.25) is 4.79 Å². The number of ether oxygens (including phenoxy) is 1. The van der Waals surface area contributed by atoms with Gasteiger partial charge in [0, 0.05) is 24.3 Å². The Kier molecular flexibility index (Phi) is 3.24. The van der Waals surface area contributed by atoms with Crippen LogP contribution in [0.5, 0.6) is 5.75 Å². The number of nitrogens with zero attached hydrogens (tertiary/aromatic N) is 1. The maximum Gasteiger partial charge on any atom is 0.341 e. The third kappa shape index (κ3) is 1.96. The monoisotopic (exact) mass is 281 g/mol. The maximum absolute atomic E-state index is 12.3. The van der Waals surface area contributed by atoms with Gasteiger partial charge >= 0.3 is 5.97 Å². The third-order valence-electron chi connectivity index (χ3n) is 3.06. The number of carboxylic acid groups (broad SMARTS) is 1. The molecule has 19 heavy (non-hydrogen) atoms. The van der Waals surface area contributed by atoms with Gasteiger partial charge < -0.3 is 14.4 Å². The van der Waals surface area contributed by atoms with Gasteiger partial charge in [-0.1, -0.05) is 11.6 Å². The predicted molar refractivity (Wildman–Crippen MR) is 72.4 cm³/mol. The second-order valence-corrected chi connectivity index (χ2v) is 4.60. The molecule has 1 N–H and O–H groups in total. The van der Waals surface area contributed by atoms with Crippen molar-refractivity contribution in [3.05, 3.63) is 38.6 Å². The number of aromatic nitrogens is 1. The van der Waals surface area contributed by atoms with Gasteiger partial charge in [0.1, 0.15) is 11.3 Å². The van der Waals surface area contributed by atoms with Crippen molar-refractivity contribution >= 4 is 28.5 Å². The Labute approximate surface area is 114 Å². The molecule has 0 saturated heterocycles. The summed E-state index contributed by atoms with van der Waals surface area (Å²) < 4.78 is 6.77. The number of fused-ring (bicyclic) bond motifs is 1. The zero-order valence-corrected chi connectivity index (χ0v) is 11.4. The van der Waals surface area contributed by atoms with Gasteiger partial charge in [-0.25, -0.2) is 4.79 Å². The SMILES string of the molecule is COc1cc(Cl)c(C)c2c(=O)c(C(=O)O)cn(C)c12. The molecule has 0 amide bonds. The summed E-state index contributed by atoms with van der Waals surface area (Å²) in [6.45, 7) is 1.68. The summed E-state index contributed by atoms with van der Waals surface area (Å²) in [6.07, 6.45) is 1.28. The molecule has 0 fully saturated rings. The summed E-state index contributed by atoms with van der Waals surface area (Å²) in [7, 11) is 3.13. The van der Waals surface area contributed by atoms with E-state index in [0.717, 1.165) is 0 Å². The topological polar surface area (TPSA) is 68.5 Å². The van der Waals surface area contributed by atoms with Crippen LogP contribution in [0.1, 0.15) is 15.9 Å². The average Bonchev–Trinajstić information content (AvgIpc) is 2.36. The van der Waals surface area contributed by atoms with E-state index in [9.17, 15) is 9.59 Å². The Morgan fingerprint density at radius 2 is 2.11 bits per heavy atom. The van der Waals surface area contributed by atoms with Gasteiger partial charge in [-0.05, 0) is 12.5 Å². The zero-order chi connectivity index (χ0) is 14.3. The van der Waals surface area contributed by atoms with Crippen molar-refractivity contribution in [1.82, 2.24) is 4.57 Å². The van der Waals surface area contributed by atoms with E-state index in [1.54, 1.807) is 24.6 Å². The number of halogens is 1. The number of aryl methyl sites for hydroxylation is 2. The number of methoxy groups -OCH3 is 1. The molecule has 0 bridgehead atoms. The fraction of sp³-hybridized carbons (Fsp3) is 0.231. The highest BCUT2D eigenvalue weighted by Gasteiger charge is 2.19. The van der Waals surface area contributed by atoms with Crippen molar-refractivity contribution in [2.24, 2.45) is 7.05 Å². The van der Waals surface area contributed by atoms with Crippen LogP contribution in [0.3, 0.4) is 0 Å². The highest BCUT2D eigenvalue weighted by Crippen LogP contribution is 2.31. The molecule has 1 aromatic carbocycles. The minimum absolute atomic E-state index is 0.270. The van der Waals surface area contributed by atoms with E-state index in [0.29, 0.717) is 21.9 Å². The summed E-state index contributed by atoms with van der Waals surface area (Å²) in [5, 5.41) is 9.69. The molecule has 5 nitrogen and oxygen atoms in total. The Hall–Kier alpha value is -2.01. The van der Waals surface area contributed by atoms with E-state index < -0.39 is 11.4 Å². The van der Waals surface area contributed by atoms with Gasteiger partial charge in [0.05, 0.1) is 18.0 Å². The van der Waals surface area contributed by atoms with Gasteiger partial charge in [0.25, 0.3) is 0 Å². The van der Waals surface area contributed by atoms with Crippen molar-refractivity contribution in [2.45, 2.75) is 6.92 Å². The molecular weight excluding hydrogens is 270 g/mol. The molecule has 1 heterocycles. The van der Waals surface area contributed by atoms with Crippen LogP contribution in [0.2, 0.25) is 5.02 Å². The molecule has 2 rings (SSSR count). The maximum atomic E-state index is 12.3. The van der Waals surface area contributed by atoms with E-state index in [1.807, 2.05) is 0 Å². The van der Waals surface area contributed by atoms with Crippen molar-refractivity contribution in [3.8, 4) is 5.75 Å². The van der Waals surface area contributed by atoms with E-state index >= 15 is 0 Å². The lowest BCUT2D eigenvalue weighted by Gasteiger charge is -2.14. The highest BCUT2D eigenvalue weighted by atomic mass is 35.5. The van der Waals surface area contributed by atoms with Crippen molar-refractivity contribution in [2.75, 3.05) is 7.11 Å². The van der Waals surface area contributed by atoms with Crippen LogP contribution in [0.4, 0.5) is 0 Å². The van der Waals surface area contributed by atoms with E-state index in [4.69, 9.17) is 21.4 Å². The number of hydrogen-bond donors (Lipinski definition) is 1. The smallest absolute Gasteiger partial charge is 0.341 e. The first kappa shape index (κ1) is 13.4. The number of carboxylic acids is 1. The Balaban J connectivity index is 3.11. The summed E-state index contributed by atoms with van der Waals surface area (Å²) in [6, 6.07) is 1.61. The molecule has 0 aliphatic carbocycles. The number of carbonyl (C=O) groups is 1. The second kappa shape index (κ2) is 4.59. The lowest BCUT2D eigenvalue weighted by molar-refractivity contribution is 0.0695. The van der Waals surface area contributed by atoms with Gasteiger partial charge in [0.15, 0.2) is 0 Å². The molecule has 0 unspecified atom stereocenters. The molecule has 0 radical (unpaired) electrons. The Bertz CT molecular complexity index is 749. The molecule has 0 atom stereocenters. The van der Waals surface area contributed by atoms with Crippen LogP contribution < -0.4 is 10.2 Å². The summed E-state index contributed by atoms with van der Waals surface area (Å²) >= 11 is 6.05. The molecule has 0 spiro atoms. The van der Waals surface area contributed by atoms with Gasteiger partial charge in [-0.2, -0.15) is 0 Å². The first-order chi connectivity index (χ1) is 8.88. The predicted octanol–water partition coefficient (Wildman–Crippen LogP) is 2.21. The summed E-state index contributed by atoms with van der Waals surface area (Å²) in [5.74, 6) is -0.831. The molecule has 2 aromatic rings. The minimum atomic E-state index is -1.26. The quantitative estimate of drug-likeness (QED) is 0.916. The first-order valence-corrected chi connectivity index (χ1v) is 5.86. The van der Waals surface area contributed by atoms with Crippen LogP contribution in [0, 0.1) is 6.92 Å². The van der Waals surface area contributed by atoms with Crippen molar-refractivity contribution < 1.29 is 14.6 Å². The minimum Gasteiger partial charge on any atom is -0.494 e. The zero-order valence-electron chi connectivity index (χ0n) is 10.7.